The number of nitrogens with one attached hydrogen (secondary N) is 1. The van der Waals surface area contributed by atoms with E-state index in [4.69, 9.17) is 9.47 Å². The van der Waals surface area contributed by atoms with E-state index in [1.807, 2.05) is 0 Å². The Labute approximate surface area is 121 Å². The third-order valence-electron chi connectivity index (χ3n) is 2.61. The van der Waals surface area contributed by atoms with Crippen molar-refractivity contribution in [2.24, 2.45) is 0 Å². The van der Waals surface area contributed by atoms with Crippen molar-refractivity contribution in [1.82, 2.24) is 5.32 Å². The maximum Gasteiger partial charge on any atom is 0.255 e. The van der Waals surface area contributed by atoms with Crippen LogP contribution in [0.3, 0.4) is 0 Å². The lowest BCUT2D eigenvalue weighted by molar-refractivity contribution is 0.0892. The molecule has 1 aromatic carbocycles. The van der Waals surface area contributed by atoms with Gasteiger partial charge in [-0.3, -0.25) is 4.79 Å². The number of phenolic OH excluding ortho intramolecular Hbond substituents is 1. The molecule has 19 heavy (non-hydrogen) atoms. The Kier molecular flexibility index (Phi) is 6.66. The van der Waals surface area contributed by atoms with Crippen molar-refractivity contribution >= 4 is 21.8 Å². The fraction of sp³-hybridized carbons (Fsp3) is 0.462. The molecule has 0 heterocycles. The van der Waals surface area contributed by atoms with Crippen LogP contribution in [0.2, 0.25) is 0 Å². The summed E-state index contributed by atoms with van der Waals surface area (Å²) in [5.41, 5.74) is 0.190. The molecule has 2 N–H and O–H groups in total. The summed E-state index contributed by atoms with van der Waals surface area (Å²) in [5, 5.41) is 13.3. The molecule has 5 nitrogen and oxygen atoms in total. The summed E-state index contributed by atoms with van der Waals surface area (Å²) in [6.07, 6.45) is 0.740. The molecule has 1 aromatic rings. The highest BCUT2D eigenvalue weighted by atomic mass is 79.9. The zero-order valence-corrected chi connectivity index (χ0v) is 12.6. The molecule has 0 aromatic heterocycles. The lowest BCUT2D eigenvalue weighted by Gasteiger charge is -2.17. The minimum atomic E-state index is -0.348. The van der Waals surface area contributed by atoms with Crippen LogP contribution in [0.1, 0.15) is 16.8 Å². The van der Waals surface area contributed by atoms with Gasteiger partial charge in [-0.15, -0.1) is 0 Å². The number of amides is 1. The number of halogens is 1. The van der Waals surface area contributed by atoms with Crippen LogP contribution in [0.15, 0.2) is 18.2 Å². The Morgan fingerprint density at radius 3 is 2.79 bits per heavy atom. The fourth-order valence-corrected chi connectivity index (χ4v) is 2.17. The van der Waals surface area contributed by atoms with Gasteiger partial charge >= 0.3 is 0 Å². The van der Waals surface area contributed by atoms with Gasteiger partial charge in [-0.2, -0.15) is 0 Å². The van der Waals surface area contributed by atoms with Gasteiger partial charge in [-0.1, -0.05) is 15.9 Å². The van der Waals surface area contributed by atoms with Crippen LogP contribution in [0.25, 0.3) is 0 Å². The molecule has 0 radical (unpaired) electrons. The molecular weight excluding hydrogens is 314 g/mol. The summed E-state index contributed by atoms with van der Waals surface area (Å²) in [7, 11) is 3.09. The number of alkyl halides is 1. The average Bonchev–Trinajstić information content (AvgIpc) is 2.39. The van der Waals surface area contributed by atoms with Crippen LogP contribution in [-0.4, -0.2) is 43.2 Å². The third kappa shape index (κ3) is 4.72. The third-order valence-corrected chi connectivity index (χ3v) is 3.07. The van der Waals surface area contributed by atoms with Crippen molar-refractivity contribution < 1.29 is 19.4 Å². The van der Waals surface area contributed by atoms with Crippen LogP contribution in [-0.2, 0) is 4.74 Å². The molecule has 106 valence electrons. The molecule has 1 unspecified atom stereocenters. The number of phenols is 1. The first-order valence-corrected chi connectivity index (χ1v) is 6.97. The van der Waals surface area contributed by atoms with Crippen LogP contribution in [0, 0.1) is 0 Å². The predicted octanol–water partition coefficient (Wildman–Crippen LogP) is 1.93. The molecule has 0 aliphatic heterocycles. The maximum atomic E-state index is 12.1. The SMILES string of the molecule is COCC(CCBr)NC(=O)c1cc(OC)ccc1O. The first-order chi connectivity index (χ1) is 9.12. The molecule has 1 amide bonds. The molecule has 6 heteroatoms. The van der Waals surface area contributed by atoms with Gasteiger partial charge in [0.1, 0.15) is 11.5 Å². The van der Waals surface area contributed by atoms with E-state index < -0.39 is 0 Å². The monoisotopic (exact) mass is 331 g/mol. The molecular formula is C13H18BrNO4. The van der Waals surface area contributed by atoms with Crippen molar-refractivity contribution in [3.63, 3.8) is 0 Å². The molecule has 0 bridgehead atoms. The number of hydrogen-bond acceptors (Lipinski definition) is 4. The smallest absolute Gasteiger partial charge is 0.255 e. The highest BCUT2D eigenvalue weighted by molar-refractivity contribution is 9.09. The number of benzene rings is 1. The summed E-state index contributed by atoms with van der Waals surface area (Å²) in [4.78, 5) is 12.1. The van der Waals surface area contributed by atoms with Gasteiger partial charge in [0.2, 0.25) is 0 Å². The molecule has 0 aliphatic rings. The van der Waals surface area contributed by atoms with E-state index in [1.165, 1.54) is 19.2 Å². The number of hydrogen-bond donors (Lipinski definition) is 2. The van der Waals surface area contributed by atoms with Gasteiger partial charge in [-0.05, 0) is 24.6 Å². The van der Waals surface area contributed by atoms with Crippen LogP contribution in [0.4, 0.5) is 0 Å². The van der Waals surface area contributed by atoms with Gasteiger partial charge in [-0.25, -0.2) is 0 Å². The second kappa shape index (κ2) is 8.01. The van der Waals surface area contributed by atoms with Crippen molar-refractivity contribution in [1.29, 1.82) is 0 Å². The van der Waals surface area contributed by atoms with E-state index in [0.29, 0.717) is 12.4 Å². The Hall–Kier alpha value is -1.27. The summed E-state index contributed by atoms with van der Waals surface area (Å²) in [5.74, 6) is 0.0967. The minimum absolute atomic E-state index is 0.0756. The Morgan fingerprint density at radius 2 is 2.21 bits per heavy atom. The number of rotatable bonds is 7. The van der Waals surface area contributed by atoms with Crippen molar-refractivity contribution in [2.45, 2.75) is 12.5 Å². The second-order valence-corrected chi connectivity index (χ2v) is 4.78. The molecule has 0 saturated carbocycles. The number of carbonyl (C=O) groups is 1. The van der Waals surface area contributed by atoms with E-state index in [0.717, 1.165) is 11.8 Å². The summed E-state index contributed by atoms with van der Waals surface area (Å²) >= 11 is 3.33. The number of ether oxygens (including phenoxy) is 2. The molecule has 0 saturated heterocycles. The lowest BCUT2D eigenvalue weighted by Crippen LogP contribution is -2.38. The van der Waals surface area contributed by atoms with Gasteiger partial charge in [0, 0.05) is 12.4 Å². The van der Waals surface area contributed by atoms with E-state index in [2.05, 4.69) is 21.2 Å². The zero-order chi connectivity index (χ0) is 14.3. The second-order valence-electron chi connectivity index (χ2n) is 3.99. The highest BCUT2D eigenvalue weighted by Gasteiger charge is 2.16. The Morgan fingerprint density at radius 1 is 1.47 bits per heavy atom. The zero-order valence-electron chi connectivity index (χ0n) is 11.0. The summed E-state index contributed by atoms with van der Waals surface area (Å²) in [6, 6.07) is 4.42. The van der Waals surface area contributed by atoms with Crippen LogP contribution >= 0.6 is 15.9 Å². The van der Waals surface area contributed by atoms with Crippen molar-refractivity contribution in [2.75, 3.05) is 26.2 Å². The van der Waals surface area contributed by atoms with Crippen molar-refractivity contribution in [3.8, 4) is 11.5 Å². The Balaban J connectivity index is 2.81. The molecule has 1 rings (SSSR count). The first kappa shape index (κ1) is 15.8. The van der Waals surface area contributed by atoms with E-state index in [1.54, 1.807) is 13.2 Å². The number of aromatic hydroxyl groups is 1. The lowest BCUT2D eigenvalue weighted by atomic mass is 10.1. The number of methoxy groups -OCH3 is 2. The minimum Gasteiger partial charge on any atom is -0.507 e. The van der Waals surface area contributed by atoms with Gasteiger partial charge in [0.15, 0.2) is 0 Å². The Bertz CT molecular complexity index is 419. The van der Waals surface area contributed by atoms with Gasteiger partial charge < -0.3 is 19.9 Å². The van der Waals surface area contributed by atoms with Crippen LogP contribution < -0.4 is 10.1 Å². The fourth-order valence-electron chi connectivity index (χ4n) is 1.62. The highest BCUT2D eigenvalue weighted by Crippen LogP contribution is 2.22. The molecule has 0 spiro atoms. The molecule has 0 aliphatic carbocycles. The summed E-state index contributed by atoms with van der Waals surface area (Å²) in [6.45, 7) is 0.419. The predicted molar refractivity (Wildman–Crippen MR) is 76.2 cm³/mol. The molecule has 0 fully saturated rings. The molecule has 1 atom stereocenters. The van der Waals surface area contributed by atoms with Gasteiger partial charge in [0.25, 0.3) is 5.91 Å². The van der Waals surface area contributed by atoms with Gasteiger partial charge in [0.05, 0.1) is 25.3 Å². The van der Waals surface area contributed by atoms with Crippen LogP contribution in [0.5, 0.6) is 11.5 Å². The largest absolute Gasteiger partial charge is 0.507 e. The topological polar surface area (TPSA) is 67.8 Å². The average molecular weight is 332 g/mol. The van der Waals surface area contributed by atoms with E-state index >= 15 is 0 Å². The normalized spacial score (nSPS) is 11.9. The maximum absolute atomic E-state index is 12.1. The quantitative estimate of drug-likeness (QED) is 0.749. The first-order valence-electron chi connectivity index (χ1n) is 5.85. The van der Waals surface area contributed by atoms with E-state index in [9.17, 15) is 9.90 Å². The summed E-state index contributed by atoms with van der Waals surface area (Å²) < 4.78 is 10.1. The van der Waals surface area contributed by atoms with E-state index in [-0.39, 0.29) is 23.3 Å². The standard InChI is InChI=1S/C13H18BrNO4/c1-18-8-9(5-6-14)15-13(17)11-7-10(19-2)3-4-12(11)16/h3-4,7,9,16H,5-6,8H2,1-2H3,(H,15,17). The van der Waals surface area contributed by atoms with Crippen molar-refractivity contribution in [3.05, 3.63) is 23.8 Å². The number of carbonyl (C=O) groups excluding carboxylic acids is 1.